The van der Waals surface area contributed by atoms with Crippen LogP contribution in [-0.2, 0) is 11.0 Å². The van der Waals surface area contributed by atoms with Crippen molar-refractivity contribution in [2.45, 2.75) is 12.3 Å². The van der Waals surface area contributed by atoms with Crippen LogP contribution in [0.25, 0.3) is 4.85 Å². The first-order valence-electron chi connectivity index (χ1n) is 11.0. The summed E-state index contributed by atoms with van der Waals surface area (Å²) in [6, 6.07) is 32.6. The summed E-state index contributed by atoms with van der Waals surface area (Å²) in [6.07, 6.45) is -4.73. The van der Waals surface area contributed by atoms with Crippen molar-refractivity contribution in [1.29, 1.82) is 0 Å². The number of anilines is 1. The fraction of sp³-hybridized carbons (Fsp3) is 0.0714. The maximum absolute atomic E-state index is 13.2. The average Bonchev–Trinajstić information content (AvgIpc) is 2.89. The number of halogens is 4. The van der Waals surface area contributed by atoms with Crippen LogP contribution in [0.3, 0.4) is 0 Å². The minimum absolute atomic E-state index is 0.0180. The molecule has 4 aromatic carbocycles. The summed E-state index contributed by atoms with van der Waals surface area (Å²) in [6.45, 7) is 7.52. The van der Waals surface area contributed by atoms with Crippen molar-refractivity contribution in [2.75, 3.05) is 5.32 Å². The average molecular weight is 569 g/mol. The van der Waals surface area contributed by atoms with E-state index in [2.05, 4.69) is 26.1 Å². The molecule has 4 rings (SSSR count). The number of benzene rings is 4. The van der Waals surface area contributed by atoms with Gasteiger partial charge in [-0.3, -0.25) is 0 Å². The van der Waals surface area contributed by atoms with Gasteiger partial charge in [0.25, 0.3) is 0 Å². The van der Waals surface area contributed by atoms with E-state index in [1.54, 1.807) is 6.07 Å². The Hall–Kier alpha value is -3.46. The van der Waals surface area contributed by atoms with Crippen LogP contribution < -0.4 is 21.2 Å². The molecule has 0 spiro atoms. The molecule has 0 radical (unpaired) electrons. The number of nitrogens with zero attached hydrogens (tertiary/aromatic N) is 1. The van der Waals surface area contributed by atoms with Crippen molar-refractivity contribution in [1.82, 2.24) is 0 Å². The fourth-order valence-electron chi connectivity index (χ4n) is 4.44. The quantitative estimate of drug-likeness (QED) is 0.203. The summed E-state index contributed by atoms with van der Waals surface area (Å²) < 4.78 is 39.9. The second-order valence-electron chi connectivity index (χ2n) is 8.21. The third-order valence-corrected chi connectivity index (χ3v) is 11.5. The Kier molecular flexibility index (Phi) is 7.59. The Labute approximate surface area is 216 Å². The molecule has 8 heteroatoms. The topological polar surface area (TPSA) is 33.5 Å². The molecule has 4 aromatic rings. The molecule has 36 heavy (non-hydrogen) atoms. The van der Waals surface area contributed by atoms with E-state index in [9.17, 15) is 18.0 Å². The van der Waals surface area contributed by atoms with Crippen LogP contribution in [0.4, 0.5) is 24.5 Å². The van der Waals surface area contributed by atoms with Crippen LogP contribution in [0.2, 0.25) is 0 Å². The molecule has 0 saturated heterocycles. The summed E-state index contributed by atoms with van der Waals surface area (Å²) in [7, 11) is -2.91. The molecule has 1 amide bonds. The van der Waals surface area contributed by atoms with E-state index in [4.69, 9.17) is 6.57 Å². The first-order valence-corrected chi connectivity index (χ1v) is 14.0. The number of amides is 1. The van der Waals surface area contributed by atoms with Crippen molar-refractivity contribution in [2.24, 2.45) is 0 Å². The standard InChI is InChI=1S/C28H21BrF3N2OP/c1-33-21-17-20(26(25(29)18-21)34-27(35)28(30,31)32)19-36(22-11-5-2-6-12-22,23-13-7-3-8-14-23)24-15-9-4-10-16-24/h2-18,36H,19H2,(H,34,35). The third-order valence-electron chi connectivity index (χ3n) is 6.04. The molecule has 0 heterocycles. The first-order chi connectivity index (χ1) is 17.3. The second kappa shape index (κ2) is 10.7. The van der Waals surface area contributed by atoms with Crippen LogP contribution in [0.5, 0.6) is 0 Å². The van der Waals surface area contributed by atoms with Crippen molar-refractivity contribution < 1.29 is 18.0 Å². The number of carbonyl (C=O) groups is 1. The fourth-order valence-corrected chi connectivity index (χ4v) is 9.77. The maximum atomic E-state index is 13.2. The van der Waals surface area contributed by atoms with Gasteiger partial charge in [-0.05, 0) is 0 Å². The zero-order valence-corrected chi connectivity index (χ0v) is 21.5. The molecule has 182 valence electrons. The number of alkyl halides is 3. The van der Waals surface area contributed by atoms with Gasteiger partial charge in [0.1, 0.15) is 0 Å². The zero-order valence-electron chi connectivity index (χ0n) is 18.9. The summed E-state index contributed by atoms with van der Waals surface area (Å²) >= 11 is 3.30. The van der Waals surface area contributed by atoms with Gasteiger partial charge in [-0.2, -0.15) is 0 Å². The van der Waals surface area contributed by atoms with Crippen LogP contribution >= 0.6 is 23.2 Å². The number of nitrogens with one attached hydrogen (secondary N) is 1. The Bertz CT molecular complexity index is 1310. The van der Waals surface area contributed by atoms with Crippen molar-refractivity contribution >= 4 is 56.4 Å². The van der Waals surface area contributed by atoms with E-state index in [-0.39, 0.29) is 15.8 Å². The predicted molar refractivity (Wildman–Crippen MR) is 145 cm³/mol. The first kappa shape index (κ1) is 25.6. The molecular weight excluding hydrogens is 548 g/mol. The molecule has 3 nitrogen and oxygen atoms in total. The van der Waals surface area contributed by atoms with Gasteiger partial charge < -0.3 is 0 Å². The van der Waals surface area contributed by atoms with Crippen molar-refractivity contribution in [3.8, 4) is 0 Å². The number of rotatable bonds is 6. The molecule has 0 unspecified atom stereocenters. The SMILES string of the molecule is [C-]#[N+]c1cc(Br)c(NC(=O)C(F)(F)F)c(C[PH](c2ccccc2)(c2ccccc2)c2ccccc2)c1. The minimum atomic E-state index is -5.05. The normalized spacial score (nSPS) is 12.0. The van der Waals surface area contributed by atoms with Gasteiger partial charge in [0.15, 0.2) is 0 Å². The van der Waals surface area contributed by atoms with E-state index in [0.29, 0.717) is 11.7 Å². The molecule has 0 aliphatic heterocycles. The third kappa shape index (κ3) is 5.21. The van der Waals surface area contributed by atoms with Gasteiger partial charge in [-0.15, -0.1) is 0 Å². The van der Waals surface area contributed by atoms with Gasteiger partial charge in [-0.1, -0.05) is 0 Å². The summed E-state index contributed by atoms with van der Waals surface area (Å²) in [5.41, 5.74) is 0.736. The van der Waals surface area contributed by atoms with E-state index in [1.807, 2.05) is 91.0 Å². The molecule has 0 saturated carbocycles. The molecule has 0 fully saturated rings. The molecule has 0 aromatic heterocycles. The number of hydrogen-bond acceptors (Lipinski definition) is 1. The van der Waals surface area contributed by atoms with Gasteiger partial charge in [0.05, 0.1) is 0 Å². The second-order valence-corrected chi connectivity index (χ2v) is 13.0. The van der Waals surface area contributed by atoms with E-state index in [0.717, 1.165) is 15.9 Å². The van der Waals surface area contributed by atoms with Crippen LogP contribution in [0.15, 0.2) is 108 Å². The number of carbonyl (C=O) groups excluding carboxylic acids is 1. The monoisotopic (exact) mass is 568 g/mol. The Morgan fingerprint density at radius 1 is 0.833 bits per heavy atom. The molecular formula is C28H21BrF3N2OP. The molecule has 0 aliphatic rings. The molecule has 0 atom stereocenters. The van der Waals surface area contributed by atoms with Crippen LogP contribution in [0.1, 0.15) is 5.56 Å². The molecule has 0 bridgehead atoms. The van der Waals surface area contributed by atoms with E-state index in [1.165, 1.54) is 6.07 Å². The summed E-state index contributed by atoms with van der Waals surface area (Å²) in [5, 5.41) is 5.22. The van der Waals surface area contributed by atoms with Gasteiger partial charge >= 0.3 is 217 Å². The van der Waals surface area contributed by atoms with Gasteiger partial charge in [-0.25, -0.2) is 0 Å². The zero-order chi connectivity index (χ0) is 25.8. The van der Waals surface area contributed by atoms with Crippen LogP contribution in [-0.4, -0.2) is 12.1 Å². The molecule has 1 N–H and O–H groups in total. The Morgan fingerprint density at radius 2 is 1.28 bits per heavy atom. The summed E-state index contributed by atoms with van der Waals surface area (Å²) in [4.78, 5) is 15.5. The van der Waals surface area contributed by atoms with Gasteiger partial charge in [0.2, 0.25) is 0 Å². The van der Waals surface area contributed by atoms with Crippen molar-refractivity contribution in [3.63, 3.8) is 0 Å². The molecule has 0 aliphatic carbocycles. The number of hydrogen-bond donors (Lipinski definition) is 1. The Balaban J connectivity index is 2.02. The Morgan fingerprint density at radius 3 is 1.67 bits per heavy atom. The van der Waals surface area contributed by atoms with Crippen LogP contribution in [0, 0.1) is 6.57 Å². The predicted octanol–water partition coefficient (Wildman–Crippen LogP) is 6.73. The van der Waals surface area contributed by atoms with E-state index < -0.39 is 19.3 Å². The van der Waals surface area contributed by atoms with Gasteiger partial charge in [0, 0.05) is 0 Å². The summed E-state index contributed by atoms with van der Waals surface area (Å²) in [5.74, 6) is -2.06. The van der Waals surface area contributed by atoms with Crippen molar-refractivity contribution in [3.05, 3.63) is 125 Å². The van der Waals surface area contributed by atoms with E-state index >= 15 is 0 Å².